The summed E-state index contributed by atoms with van der Waals surface area (Å²) in [6.07, 6.45) is 0. The Morgan fingerprint density at radius 3 is 2.65 bits per heavy atom. The number of nitrogens with zero attached hydrogens (tertiary/aromatic N) is 2. The molecule has 3 amide bonds. The molecule has 8 heteroatoms. The van der Waals surface area contributed by atoms with E-state index in [-0.39, 0.29) is 29.2 Å². The lowest BCUT2D eigenvalue weighted by atomic mass is 10.2. The monoisotopic (exact) mass is 316 g/mol. The molecule has 1 fully saturated rings. The fourth-order valence-corrected chi connectivity index (χ4v) is 2.48. The molecule has 20 heavy (non-hydrogen) atoms. The first kappa shape index (κ1) is 14.7. The average Bonchev–Trinajstić information content (AvgIpc) is 2.66. The van der Waals surface area contributed by atoms with Crippen molar-refractivity contribution in [2.24, 2.45) is 0 Å². The number of nitrogens with two attached hydrogens (primary N) is 1. The number of urea groups is 1. The second-order valence-electron chi connectivity index (χ2n) is 4.53. The fraction of sp³-hybridized carbons (Fsp3) is 0.333. The van der Waals surface area contributed by atoms with E-state index in [1.54, 1.807) is 11.9 Å². The van der Waals surface area contributed by atoms with E-state index in [1.807, 2.05) is 0 Å². The molecule has 2 rings (SSSR count). The minimum absolute atomic E-state index is 0.0401. The second-order valence-corrected chi connectivity index (χ2v) is 5.37. The molecule has 108 valence electrons. The molecule has 0 aromatic heterocycles. The van der Waals surface area contributed by atoms with E-state index >= 15 is 0 Å². The first-order chi connectivity index (χ1) is 9.38. The van der Waals surface area contributed by atoms with Crippen molar-refractivity contribution >= 4 is 46.5 Å². The third kappa shape index (κ3) is 3.08. The van der Waals surface area contributed by atoms with Gasteiger partial charge in [0.25, 0.3) is 0 Å². The number of rotatable bonds is 3. The van der Waals surface area contributed by atoms with Gasteiger partial charge in [0.05, 0.1) is 16.4 Å². The molecule has 0 unspecified atom stereocenters. The minimum atomic E-state index is -0.357. The van der Waals surface area contributed by atoms with E-state index in [0.29, 0.717) is 23.8 Å². The largest absolute Gasteiger partial charge is 0.397 e. The molecular formula is C12H14Cl2N4O2. The second kappa shape index (κ2) is 5.76. The van der Waals surface area contributed by atoms with Crippen molar-refractivity contribution in [2.75, 3.05) is 37.7 Å². The van der Waals surface area contributed by atoms with Crippen LogP contribution in [0.1, 0.15) is 0 Å². The molecule has 0 saturated carbocycles. The molecular weight excluding hydrogens is 303 g/mol. The zero-order chi connectivity index (χ0) is 14.9. The summed E-state index contributed by atoms with van der Waals surface area (Å²) in [5, 5.41) is 3.25. The van der Waals surface area contributed by atoms with Crippen molar-refractivity contribution in [2.45, 2.75) is 0 Å². The molecule has 6 nitrogen and oxygen atoms in total. The molecule has 1 heterocycles. The van der Waals surface area contributed by atoms with Crippen LogP contribution < -0.4 is 11.1 Å². The van der Waals surface area contributed by atoms with Gasteiger partial charge in [0.15, 0.2) is 0 Å². The van der Waals surface area contributed by atoms with E-state index in [9.17, 15) is 9.59 Å². The van der Waals surface area contributed by atoms with Crippen molar-refractivity contribution in [3.8, 4) is 0 Å². The fourth-order valence-electron chi connectivity index (χ4n) is 1.93. The number of carbonyl (C=O) groups is 2. The SMILES string of the molecule is CN1CCN(CC(=O)Nc2c(N)cc(Cl)cc2Cl)C1=O. The summed E-state index contributed by atoms with van der Waals surface area (Å²) in [5.41, 5.74) is 6.34. The van der Waals surface area contributed by atoms with E-state index in [1.165, 1.54) is 17.0 Å². The summed E-state index contributed by atoms with van der Waals surface area (Å²) in [7, 11) is 1.69. The van der Waals surface area contributed by atoms with Crippen LogP contribution in [-0.4, -0.2) is 48.4 Å². The quantitative estimate of drug-likeness (QED) is 0.836. The molecule has 0 spiro atoms. The number of likely N-dealkylation sites (N-methyl/N-ethyl adjacent to an activating group) is 1. The zero-order valence-corrected chi connectivity index (χ0v) is 12.3. The number of halogens is 2. The summed E-state index contributed by atoms with van der Waals surface area (Å²) in [4.78, 5) is 26.6. The molecule has 3 N–H and O–H groups in total. The van der Waals surface area contributed by atoms with Gasteiger partial charge >= 0.3 is 6.03 Å². The molecule has 1 saturated heterocycles. The van der Waals surface area contributed by atoms with Crippen molar-refractivity contribution in [3.63, 3.8) is 0 Å². The minimum Gasteiger partial charge on any atom is -0.397 e. The first-order valence-electron chi connectivity index (χ1n) is 5.93. The van der Waals surface area contributed by atoms with E-state index in [0.717, 1.165) is 0 Å². The number of benzene rings is 1. The summed E-state index contributed by atoms with van der Waals surface area (Å²) in [6, 6.07) is 2.82. The van der Waals surface area contributed by atoms with Crippen LogP contribution >= 0.6 is 23.2 Å². The highest BCUT2D eigenvalue weighted by Gasteiger charge is 2.27. The predicted molar refractivity (Wildman–Crippen MR) is 79.1 cm³/mol. The van der Waals surface area contributed by atoms with Crippen molar-refractivity contribution in [3.05, 3.63) is 22.2 Å². The van der Waals surface area contributed by atoms with Crippen LogP contribution in [0.3, 0.4) is 0 Å². The maximum atomic E-state index is 11.9. The van der Waals surface area contributed by atoms with Gasteiger partial charge in [-0.05, 0) is 12.1 Å². The van der Waals surface area contributed by atoms with Crippen molar-refractivity contribution in [1.29, 1.82) is 0 Å². The standard InChI is InChI=1S/C12H14Cl2N4O2/c1-17-2-3-18(12(17)20)6-10(19)16-11-8(14)4-7(13)5-9(11)15/h4-5H,2-3,6,15H2,1H3,(H,16,19). The lowest BCUT2D eigenvalue weighted by Crippen LogP contribution is -2.36. The molecule has 0 aliphatic carbocycles. The van der Waals surface area contributed by atoms with Crippen LogP contribution in [0.15, 0.2) is 12.1 Å². The number of hydrogen-bond acceptors (Lipinski definition) is 3. The van der Waals surface area contributed by atoms with Gasteiger partial charge in [-0.2, -0.15) is 0 Å². The first-order valence-corrected chi connectivity index (χ1v) is 6.68. The van der Waals surface area contributed by atoms with Crippen LogP contribution in [0.5, 0.6) is 0 Å². The Labute approximate surface area is 126 Å². The maximum Gasteiger partial charge on any atom is 0.320 e. The van der Waals surface area contributed by atoms with Gasteiger partial charge in [0, 0.05) is 25.2 Å². The Bertz CT molecular complexity index is 541. The highest BCUT2D eigenvalue weighted by molar-refractivity contribution is 6.37. The average molecular weight is 317 g/mol. The normalized spacial score (nSPS) is 14.8. The Hall–Kier alpha value is -1.66. The molecule has 0 atom stereocenters. The molecule has 1 aromatic rings. The predicted octanol–water partition coefficient (Wildman–Crippen LogP) is 1.88. The molecule has 1 aromatic carbocycles. The Morgan fingerprint density at radius 2 is 2.10 bits per heavy atom. The highest BCUT2D eigenvalue weighted by atomic mass is 35.5. The number of carbonyl (C=O) groups excluding carboxylic acids is 2. The summed E-state index contributed by atoms with van der Waals surface area (Å²) < 4.78 is 0. The maximum absolute atomic E-state index is 11.9. The zero-order valence-electron chi connectivity index (χ0n) is 10.8. The van der Waals surface area contributed by atoms with E-state index < -0.39 is 0 Å². The molecule has 1 aliphatic rings. The number of nitrogen functional groups attached to an aromatic ring is 1. The lowest BCUT2D eigenvalue weighted by Gasteiger charge is -2.16. The molecule has 1 aliphatic heterocycles. The van der Waals surface area contributed by atoms with Crippen LogP contribution in [0.4, 0.5) is 16.2 Å². The summed E-state index contributed by atoms with van der Waals surface area (Å²) in [6.45, 7) is 1.09. The topological polar surface area (TPSA) is 78.7 Å². The molecule has 0 radical (unpaired) electrons. The number of anilines is 2. The van der Waals surface area contributed by atoms with E-state index in [2.05, 4.69) is 5.32 Å². The number of amides is 3. The van der Waals surface area contributed by atoms with Gasteiger partial charge in [-0.15, -0.1) is 0 Å². The van der Waals surface area contributed by atoms with Gasteiger partial charge < -0.3 is 20.9 Å². The van der Waals surface area contributed by atoms with Crippen LogP contribution in [-0.2, 0) is 4.79 Å². The number of hydrogen-bond donors (Lipinski definition) is 2. The number of nitrogens with one attached hydrogen (secondary N) is 1. The third-order valence-corrected chi connectivity index (χ3v) is 3.50. The molecule has 0 bridgehead atoms. The highest BCUT2D eigenvalue weighted by Crippen LogP contribution is 2.31. The Balaban J connectivity index is 2.04. The van der Waals surface area contributed by atoms with Crippen LogP contribution in [0, 0.1) is 0 Å². The van der Waals surface area contributed by atoms with Gasteiger partial charge in [0.2, 0.25) is 5.91 Å². The Morgan fingerprint density at radius 1 is 1.40 bits per heavy atom. The van der Waals surface area contributed by atoms with Gasteiger partial charge in [-0.25, -0.2) is 4.79 Å². The third-order valence-electron chi connectivity index (χ3n) is 2.99. The van der Waals surface area contributed by atoms with Gasteiger partial charge in [-0.3, -0.25) is 4.79 Å². The summed E-state index contributed by atoms with van der Waals surface area (Å²) in [5.74, 6) is -0.357. The van der Waals surface area contributed by atoms with Crippen LogP contribution in [0.25, 0.3) is 0 Å². The Kier molecular flexibility index (Phi) is 4.25. The van der Waals surface area contributed by atoms with Gasteiger partial charge in [-0.1, -0.05) is 23.2 Å². The van der Waals surface area contributed by atoms with Gasteiger partial charge in [0.1, 0.15) is 6.54 Å². The lowest BCUT2D eigenvalue weighted by molar-refractivity contribution is -0.116. The summed E-state index contributed by atoms with van der Waals surface area (Å²) >= 11 is 11.8. The smallest absolute Gasteiger partial charge is 0.320 e. The van der Waals surface area contributed by atoms with Crippen molar-refractivity contribution < 1.29 is 9.59 Å². The van der Waals surface area contributed by atoms with E-state index in [4.69, 9.17) is 28.9 Å². The van der Waals surface area contributed by atoms with Crippen LogP contribution in [0.2, 0.25) is 10.0 Å². The van der Waals surface area contributed by atoms with Crippen molar-refractivity contribution in [1.82, 2.24) is 9.80 Å².